The predicted octanol–water partition coefficient (Wildman–Crippen LogP) is 2.33. The molecule has 0 aliphatic heterocycles. The summed E-state index contributed by atoms with van der Waals surface area (Å²) in [5, 5.41) is 0. The quantitative estimate of drug-likeness (QED) is 0.534. The Kier molecular flexibility index (Phi) is 6.67. The maximum absolute atomic E-state index is 4.46. The molecule has 2 rings (SSSR count). The SMILES string of the molecule is Bc1nc(B)nc(/C(C=C)=C/c2c(C=C)c(C=C)c(C=C)c(C=C)c2C=C)n1. The van der Waals surface area contributed by atoms with Gasteiger partial charge in [-0.3, -0.25) is 0 Å². The van der Waals surface area contributed by atoms with Gasteiger partial charge in [0, 0.05) is 5.57 Å². The van der Waals surface area contributed by atoms with Crippen LogP contribution >= 0.6 is 0 Å². The van der Waals surface area contributed by atoms with E-state index in [1.807, 2.05) is 21.8 Å². The molecule has 0 aliphatic rings. The minimum Gasteiger partial charge on any atom is -0.241 e. The smallest absolute Gasteiger partial charge is 0.189 e. The van der Waals surface area contributed by atoms with Crippen LogP contribution in [0.15, 0.2) is 45.5 Å². The molecule has 1 aromatic heterocycles. The summed E-state index contributed by atoms with van der Waals surface area (Å²) in [6, 6.07) is 0. The normalized spacial score (nSPS) is 10.8. The second-order valence-corrected chi connectivity index (χ2v) is 6.06. The Labute approximate surface area is 169 Å². The van der Waals surface area contributed by atoms with Crippen LogP contribution in [0.4, 0.5) is 0 Å². The summed E-state index contributed by atoms with van der Waals surface area (Å²) >= 11 is 0. The lowest BCUT2D eigenvalue weighted by molar-refractivity contribution is 1.10. The summed E-state index contributed by atoms with van der Waals surface area (Å²) in [5.74, 6) is 0.568. The van der Waals surface area contributed by atoms with Gasteiger partial charge in [-0.25, -0.2) is 15.0 Å². The molecule has 3 nitrogen and oxygen atoms in total. The van der Waals surface area contributed by atoms with Gasteiger partial charge < -0.3 is 0 Å². The number of hydrogen-bond donors (Lipinski definition) is 0. The average Bonchev–Trinajstić information content (AvgIpc) is 2.69. The van der Waals surface area contributed by atoms with Crippen molar-refractivity contribution in [1.82, 2.24) is 15.0 Å². The second kappa shape index (κ2) is 8.96. The molecule has 1 aromatic carbocycles. The molecule has 0 spiro atoms. The Morgan fingerprint density at radius 3 is 1.25 bits per heavy atom. The standard InChI is InChI=1S/C23H23B2N3/c1-7-14(21-26-22(24)28-23(25)27-21)13-20-18(11-5)16(9-3)15(8-2)17(10-4)19(20)12-6/h7-13H,1-6,24-25H2/b14-13+. The van der Waals surface area contributed by atoms with Crippen molar-refractivity contribution in [1.29, 1.82) is 0 Å². The summed E-state index contributed by atoms with van der Waals surface area (Å²) < 4.78 is 0. The van der Waals surface area contributed by atoms with Crippen LogP contribution < -0.4 is 11.4 Å². The van der Waals surface area contributed by atoms with Crippen molar-refractivity contribution in [3.8, 4) is 0 Å². The molecule has 0 N–H and O–H groups in total. The van der Waals surface area contributed by atoms with Gasteiger partial charge >= 0.3 is 0 Å². The van der Waals surface area contributed by atoms with Crippen LogP contribution in [-0.4, -0.2) is 30.6 Å². The Bertz CT molecular complexity index is 985. The van der Waals surface area contributed by atoms with Crippen molar-refractivity contribution in [2.24, 2.45) is 0 Å². The highest BCUT2D eigenvalue weighted by Gasteiger charge is 2.17. The van der Waals surface area contributed by atoms with E-state index in [0.717, 1.165) is 39.0 Å². The van der Waals surface area contributed by atoms with Crippen molar-refractivity contribution >= 4 is 69.2 Å². The number of benzene rings is 1. The molecule has 2 aromatic rings. The van der Waals surface area contributed by atoms with E-state index >= 15 is 0 Å². The Balaban J connectivity index is 2.98. The molecule has 0 amide bonds. The van der Waals surface area contributed by atoms with Crippen LogP contribution in [0.2, 0.25) is 0 Å². The molecule has 0 bridgehead atoms. The van der Waals surface area contributed by atoms with E-state index in [0.29, 0.717) is 17.3 Å². The third kappa shape index (κ3) is 3.79. The molecule has 0 saturated carbocycles. The number of nitrogens with zero attached hydrogens (tertiary/aromatic N) is 3. The van der Waals surface area contributed by atoms with Crippen molar-refractivity contribution < 1.29 is 0 Å². The van der Waals surface area contributed by atoms with Crippen LogP contribution in [0.5, 0.6) is 0 Å². The van der Waals surface area contributed by atoms with Gasteiger partial charge in [0.15, 0.2) is 21.5 Å². The van der Waals surface area contributed by atoms with Crippen LogP contribution in [0.1, 0.15) is 39.2 Å². The molecular formula is C23H23B2N3. The van der Waals surface area contributed by atoms with Gasteiger partial charge in [-0.05, 0) is 39.5 Å². The first-order valence-electron chi connectivity index (χ1n) is 8.85. The zero-order chi connectivity index (χ0) is 20.8. The van der Waals surface area contributed by atoms with Gasteiger partial charge in [0.2, 0.25) is 0 Å². The monoisotopic (exact) mass is 363 g/mol. The summed E-state index contributed by atoms with van der Waals surface area (Å²) in [4.78, 5) is 13.2. The predicted molar refractivity (Wildman–Crippen MR) is 131 cm³/mol. The average molecular weight is 363 g/mol. The number of rotatable bonds is 8. The lowest BCUT2D eigenvalue weighted by Gasteiger charge is -2.19. The molecule has 0 aliphatic carbocycles. The summed E-state index contributed by atoms with van der Waals surface area (Å²) in [6.45, 7) is 23.8. The molecule has 0 atom stereocenters. The molecule has 0 radical (unpaired) electrons. The van der Waals surface area contributed by atoms with E-state index in [4.69, 9.17) is 0 Å². The highest BCUT2D eigenvalue weighted by molar-refractivity contribution is 6.32. The van der Waals surface area contributed by atoms with E-state index < -0.39 is 0 Å². The van der Waals surface area contributed by atoms with Gasteiger partial charge in [0.05, 0.1) is 11.4 Å². The first kappa shape index (κ1) is 20.8. The topological polar surface area (TPSA) is 38.7 Å². The van der Waals surface area contributed by atoms with Gasteiger partial charge in [-0.2, -0.15) is 0 Å². The van der Waals surface area contributed by atoms with E-state index in [9.17, 15) is 0 Å². The van der Waals surface area contributed by atoms with Crippen LogP contribution in [-0.2, 0) is 0 Å². The fourth-order valence-electron chi connectivity index (χ4n) is 3.24. The van der Waals surface area contributed by atoms with Gasteiger partial charge in [0.25, 0.3) is 0 Å². The van der Waals surface area contributed by atoms with Crippen molar-refractivity contribution in [2.75, 3.05) is 0 Å². The van der Waals surface area contributed by atoms with Crippen molar-refractivity contribution in [2.45, 2.75) is 0 Å². The Hall–Kier alpha value is -3.46. The van der Waals surface area contributed by atoms with Crippen LogP contribution in [0, 0.1) is 0 Å². The van der Waals surface area contributed by atoms with Crippen molar-refractivity contribution in [3.63, 3.8) is 0 Å². The molecule has 28 heavy (non-hydrogen) atoms. The van der Waals surface area contributed by atoms with Crippen molar-refractivity contribution in [3.05, 3.63) is 84.8 Å². The second-order valence-electron chi connectivity index (χ2n) is 6.06. The van der Waals surface area contributed by atoms with E-state index in [1.165, 1.54) is 0 Å². The summed E-state index contributed by atoms with van der Waals surface area (Å²) in [6.07, 6.45) is 12.7. The lowest BCUT2D eigenvalue weighted by Crippen LogP contribution is -2.28. The van der Waals surface area contributed by atoms with Gasteiger partial charge in [0.1, 0.15) is 0 Å². The lowest BCUT2D eigenvalue weighted by atomic mass is 9.85. The van der Waals surface area contributed by atoms with Crippen LogP contribution in [0.3, 0.4) is 0 Å². The molecule has 0 fully saturated rings. The summed E-state index contributed by atoms with van der Waals surface area (Å²) in [7, 11) is 3.68. The third-order valence-corrected chi connectivity index (χ3v) is 4.40. The fraction of sp³-hybridized carbons (Fsp3) is 0. The highest BCUT2D eigenvalue weighted by atomic mass is 15.0. The van der Waals surface area contributed by atoms with Gasteiger partial charge in [-0.1, -0.05) is 75.9 Å². The first-order valence-corrected chi connectivity index (χ1v) is 8.85. The fourth-order valence-corrected chi connectivity index (χ4v) is 3.24. The van der Waals surface area contributed by atoms with Gasteiger partial charge in [-0.15, -0.1) is 0 Å². The zero-order valence-corrected chi connectivity index (χ0v) is 16.6. The minimum absolute atomic E-state index is 0.568. The molecular weight excluding hydrogens is 340 g/mol. The highest BCUT2D eigenvalue weighted by Crippen LogP contribution is 2.35. The summed E-state index contributed by atoms with van der Waals surface area (Å²) in [5.41, 5.74) is 7.67. The zero-order valence-electron chi connectivity index (χ0n) is 16.6. The molecule has 136 valence electrons. The third-order valence-electron chi connectivity index (χ3n) is 4.40. The molecule has 1 heterocycles. The Morgan fingerprint density at radius 2 is 0.929 bits per heavy atom. The molecule has 0 saturated heterocycles. The number of hydrogen-bond acceptors (Lipinski definition) is 3. The number of aromatic nitrogens is 3. The minimum atomic E-state index is 0.568. The molecule has 0 unspecified atom stereocenters. The number of allylic oxidation sites excluding steroid dienone is 2. The van der Waals surface area contributed by atoms with Crippen LogP contribution in [0.25, 0.3) is 42.0 Å². The maximum atomic E-state index is 4.46. The Morgan fingerprint density at radius 1 is 0.571 bits per heavy atom. The molecule has 5 heteroatoms. The largest absolute Gasteiger partial charge is 0.241 e. The van der Waals surface area contributed by atoms with E-state index in [1.54, 1.807) is 36.5 Å². The van der Waals surface area contributed by atoms with E-state index in [-0.39, 0.29) is 0 Å². The maximum Gasteiger partial charge on any atom is 0.189 e. The van der Waals surface area contributed by atoms with E-state index in [2.05, 4.69) is 54.4 Å². The first-order chi connectivity index (χ1) is 13.4.